The fourth-order valence-corrected chi connectivity index (χ4v) is 5.13. The molecule has 1 amide bonds. The molecule has 194 valence electrons. The molecule has 1 aliphatic rings. The molecule has 0 spiro atoms. The first kappa shape index (κ1) is 27.9. The maximum absolute atomic E-state index is 13.5. The Labute approximate surface area is 223 Å². The molecule has 1 saturated heterocycles. The Hall–Kier alpha value is -2.67. The second-order valence-electron chi connectivity index (χ2n) is 11.9. The van der Waals surface area contributed by atoms with Crippen molar-refractivity contribution < 1.29 is 14.7 Å². The van der Waals surface area contributed by atoms with E-state index in [-0.39, 0.29) is 40.7 Å². The van der Waals surface area contributed by atoms with Gasteiger partial charge in [0.15, 0.2) is 5.78 Å². The van der Waals surface area contributed by atoms with Gasteiger partial charge in [-0.15, -0.1) is 0 Å². The number of carbonyl (C=O) groups excluding carboxylic acids is 2. The lowest BCUT2D eigenvalue weighted by molar-refractivity contribution is 0.0827. The highest BCUT2D eigenvalue weighted by molar-refractivity contribution is 9.08. The third-order valence-electron chi connectivity index (χ3n) is 6.76. The summed E-state index contributed by atoms with van der Waals surface area (Å²) in [6.45, 7) is 13.2. The van der Waals surface area contributed by atoms with E-state index in [0.717, 1.165) is 28.9 Å². The molecule has 0 saturated carbocycles. The smallest absolute Gasteiger partial charge is 0.253 e. The second-order valence-corrected chi connectivity index (χ2v) is 12.2. The summed E-state index contributed by atoms with van der Waals surface area (Å²) in [4.78, 5) is 29.3. The summed E-state index contributed by atoms with van der Waals surface area (Å²) in [5, 5.41) is 11.0. The minimum absolute atomic E-state index is 0.00720. The number of likely N-dealkylation sites (tertiary alicyclic amines) is 1. The van der Waals surface area contributed by atoms with E-state index in [0.29, 0.717) is 17.7 Å². The number of ketones is 1. The van der Waals surface area contributed by atoms with Crippen LogP contribution in [0.1, 0.15) is 91.3 Å². The van der Waals surface area contributed by atoms with Crippen LogP contribution in [0, 0.1) is 0 Å². The molecule has 1 N–H and O–H groups in total. The first-order valence-electron chi connectivity index (χ1n) is 12.3. The first-order chi connectivity index (χ1) is 16.6. The van der Waals surface area contributed by atoms with Gasteiger partial charge in [-0.2, -0.15) is 4.02 Å². The van der Waals surface area contributed by atoms with Crippen LogP contribution < -0.4 is 0 Å². The lowest BCUT2D eigenvalue weighted by Gasteiger charge is -2.28. The highest BCUT2D eigenvalue weighted by Crippen LogP contribution is 2.40. The van der Waals surface area contributed by atoms with Crippen molar-refractivity contribution in [1.82, 2.24) is 9.80 Å². The largest absolute Gasteiger partial charge is 0.507 e. The van der Waals surface area contributed by atoms with Gasteiger partial charge in [0.05, 0.1) is 22.7 Å². The van der Waals surface area contributed by atoms with Crippen LogP contribution in [0.3, 0.4) is 0 Å². The van der Waals surface area contributed by atoms with E-state index < -0.39 is 0 Å². The van der Waals surface area contributed by atoms with Crippen LogP contribution in [0.15, 0.2) is 40.4 Å². The summed E-state index contributed by atoms with van der Waals surface area (Å²) in [6.07, 6.45) is 0.828. The summed E-state index contributed by atoms with van der Waals surface area (Å²) in [7, 11) is 3.47. The van der Waals surface area contributed by atoms with E-state index in [1.54, 1.807) is 19.0 Å². The number of rotatable bonds is 5. The average molecular weight is 557 g/mol. The number of hydrogen-bond donors (Lipinski definition) is 1. The topological polar surface area (TPSA) is 73.2 Å². The number of benzene rings is 2. The van der Waals surface area contributed by atoms with Gasteiger partial charge in [0.1, 0.15) is 11.6 Å². The molecule has 1 atom stereocenters. The summed E-state index contributed by atoms with van der Waals surface area (Å²) >= 11 is 3.28. The van der Waals surface area contributed by atoms with Crippen LogP contribution >= 0.6 is 16.1 Å². The van der Waals surface area contributed by atoms with E-state index in [4.69, 9.17) is 0 Å². The van der Waals surface area contributed by atoms with E-state index in [1.165, 1.54) is 0 Å². The van der Waals surface area contributed by atoms with Crippen molar-refractivity contribution in [2.75, 3.05) is 27.2 Å². The second kappa shape index (κ2) is 10.4. The van der Waals surface area contributed by atoms with E-state index in [1.807, 2.05) is 82.8 Å². The number of phenolic OH excluding ortho intramolecular Hbond substituents is 1. The zero-order valence-corrected chi connectivity index (χ0v) is 24.2. The van der Waals surface area contributed by atoms with Crippen molar-refractivity contribution in [3.8, 4) is 5.75 Å². The van der Waals surface area contributed by atoms with Gasteiger partial charge in [0.2, 0.25) is 0 Å². The quantitative estimate of drug-likeness (QED) is 0.454. The van der Waals surface area contributed by atoms with Crippen molar-refractivity contribution in [2.45, 2.75) is 64.7 Å². The number of phenols is 1. The molecular formula is C29H38BrN3O3. The monoisotopic (exact) mass is 555 g/mol. The van der Waals surface area contributed by atoms with Crippen molar-refractivity contribution in [3.05, 3.63) is 64.2 Å². The normalized spacial score (nSPS) is 17.5. The number of aromatic hydroxyl groups is 1. The maximum Gasteiger partial charge on any atom is 0.253 e. The van der Waals surface area contributed by atoms with Crippen molar-refractivity contribution in [3.63, 3.8) is 0 Å². The summed E-state index contributed by atoms with van der Waals surface area (Å²) < 4.78 is 4.37. The van der Waals surface area contributed by atoms with Gasteiger partial charge in [0, 0.05) is 48.8 Å². The highest BCUT2D eigenvalue weighted by atomic mass is 79.9. The zero-order chi connectivity index (χ0) is 27.0. The Morgan fingerprint density at radius 3 is 1.97 bits per heavy atom. The third-order valence-corrected chi connectivity index (χ3v) is 7.12. The molecule has 2 aromatic rings. The maximum atomic E-state index is 13.5. The number of nitrogens with zero attached hydrogens (tertiary/aromatic N) is 3. The number of carbonyl (C=O) groups is 2. The van der Waals surface area contributed by atoms with Gasteiger partial charge < -0.3 is 14.9 Å². The Kier molecular flexibility index (Phi) is 8.04. The first-order valence-corrected chi connectivity index (χ1v) is 13.0. The molecule has 6 nitrogen and oxygen atoms in total. The molecule has 3 rings (SSSR count). The number of hydrogen-bond acceptors (Lipinski definition) is 4. The Bertz CT molecular complexity index is 1140. The van der Waals surface area contributed by atoms with Crippen LogP contribution in [0.4, 0.5) is 0 Å². The van der Waals surface area contributed by atoms with Gasteiger partial charge in [-0.3, -0.25) is 9.59 Å². The molecule has 2 aromatic carbocycles. The van der Waals surface area contributed by atoms with E-state index >= 15 is 0 Å². The minimum atomic E-state index is -0.304. The molecule has 1 aliphatic heterocycles. The predicted molar refractivity (Wildman–Crippen MR) is 150 cm³/mol. The Morgan fingerprint density at radius 2 is 1.53 bits per heavy atom. The Balaban J connectivity index is 1.86. The average Bonchev–Trinajstić information content (AvgIpc) is 3.19. The highest BCUT2D eigenvalue weighted by Gasteiger charge is 2.33. The van der Waals surface area contributed by atoms with Gasteiger partial charge in [-0.05, 0) is 47.1 Å². The molecule has 0 radical (unpaired) electrons. The van der Waals surface area contributed by atoms with Gasteiger partial charge in [-0.1, -0.05) is 53.7 Å². The molecule has 1 fully saturated rings. The van der Waals surface area contributed by atoms with Gasteiger partial charge in [0.25, 0.3) is 5.91 Å². The van der Waals surface area contributed by atoms with Gasteiger partial charge >= 0.3 is 0 Å². The van der Waals surface area contributed by atoms with Gasteiger partial charge in [-0.25, -0.2) is 0 Å². The Morgan fingerprint density at radius 1 is 1.00 bits per heavy atom. The van der Waals surface area contributed by atoms with Crippen molar-refractivity contribution in [2.24, 2.45) is 4.02 Å². The standard InChI is InChI=1S/C29H38BrN3O3/c1-28(2,3)22-15-20(16-23(25(22)35)29(4,5)6)24(34)17-33-14-13-21(26(33)31-30)18-9-11-19(12-10-18)27(36)32(7)8/h9-12,15-16,21,35H,13-14,17H2,1-8H3/t21-/m0/s1. The number of halogens is 1. The summed E-state index contributed by atoms with van der Waals surface area (Å²) in [5.74, 6) is 1.07. The predicted octanol–water partition coefficient (Wildman–Crippen LogP) is 6.07. The molecule has 0 aliphatic carbocycles. The fraction of sp³-hybridized carbons (Fsp3) is 0.483. The molecule has 36 heavy (non-hydrogen) atoms. The third kappa shape index (κ3) is 5.83. The molecule has 1 heterocycles. The van der Waals surface area contributed by atoms with Crippen LogP contribution in [0.5, 0.6) is 5.75 Å². The van der Waals surface area contributed by atoms with Crippen molar-refractivity contribution >= 4 is 33.7 Å². The number of amides is 1. The van der Waals surface area contributed by atoms with Crippen LogP contribution in [-0.4, -0.2) is 59.6 Å². The van der Waals surface area contributed by atoms with Crippen LogP contribution in [0.25, 0.3) is 0 Å². The molecule has 0 bridgehead atoms. The van der Waals surface area contributed by atoms with E-state index in [9.17, 15) is 14.7 Å². The number of Topliss-reactive ketones (excluding diaryl/α,β-unsaturated/α-hetero) is 1. The summed E-state index contributed by atoms with van der Waals surface area (Å²) in [5.41, 5.74) is 3.25. The summed E-state index contributed by atoms with van der Waals surface area (Å²) in [6, 6.07) is 11.3. The lowest BCUT2D eigenvalue weighted by Crippen LogP contribution is -2.32. The molecule has 0 aromatic heterocycles. The molecule has 0 unspecified atom stereocenters. The zero-order valence-electron chi connectivity index (χ0n) is 22.6. The molecule has 7 heteroatoms. The number of amidine groups is 1. The van der Waals surface area contributed by atoms with Crippen molar-refractivity contribution in [1.29, 1.82) is 0 Å². The minimum Gasteiger partial charge on any atom is -0.507 e. The van der Waals surface area contributed by atoms with Crippen LogP contribution in [-0.2, 0) is 10.8 Å². The fourth-order valence-electron chi connectivity index (χ4n) is 4.66. The lowest BCUT2D eigenvalue weighted by atomic mass is 9.78. The molecular weight excluding hydrogens is 518 g/mol. The SMILES string of the molecule is CN(C)C(=O)c1ccc([C@@H]2CCN(CC(=O)c3cc(C(C)(C)C)c(O)c(C(C)(C)C)c3)C2=NBr)cc1. The van der Waals surface area contributed by atoms with E-state index in [2.05, 4.69) is 20.2 Å². The van der Waals surface area contributed by atoms with Crippen LogP contribution in [0.2, 0.25) is 0 Å².